The molecule has 0 unspecified atom stereocenters. The van der Waals surface area contributed by atoms with Crippen molar-refractivity contribution in [3.8, 4) is 0 Å². The lowest BCUT2D eigenvalue weighted by Gasteiger charge is -2.13. The maximum absolute atomic E-state index is 12.8. The molecule has 2 rings (SSSR count). The van der Waals surface area contributed by atoms with Crippen molar-refractivity contribution in [2.24, 2.45) is 0 Å². The molecule has 7 nitrogen and oxygen atoms in total. The van der Waals surface area contributed by atoms with E-state index in [2.05, 4.69) is 5.32 Å². The molecule has 0 aliphatic heterocycles. The second-order valence-corrected chi connectivity index (χ2v) is 7.20. The first kappa shape index (κ1) is 17.5. The molecule has 1 atom stereocenters. The molecule has 0 spiro atoms. The van der Waals surface area contributed by atoms with Gasteiger partial charge in [0.15, 0.2) is 9.84 Å². The van der Waals surface area contributed by atoms with Crippen LogP contribution >= 0.6 is 0 Å². The normalized spacial score (nSPS) is 12.4. The standard InChI is InChI=1S/C15H13FN2O5S/c1-10(15(19)17-12-4-2-11(16)3-5-12)24(22,23)14-8-6-13(7-9-14)18(20)21/h2-10H,1H3,(H,17,19)/t10-/m0/s1. The van der Waals surface area contributed by atoms with Crippen molar-refractivity contribution in [3.05, 3.63) is 64.5 Å². The molecule has 0 saturated heterocycles. The minimum Gasteiger partial charge on any atom is -0.325 e. The van der Waals surface area contributed by atoms with Crippen LogP contribution in [0.2, 0.25) is 0 Å². The SMILES string of the molecule is C[C@@H](C(=O)Nc1ccc(F)cc1)S(=O)(=O)c1ccc([N+](=O)[O-])cc1. The maximum atomic E-state index is 12.8. The fraction of sp³-hybridized carbons (Fsp3) is 0.133. The average molecular weight is 352 g/mol. The highest BCUT2D eigenvalue weighted by molar-refractivity contribution is 7.92. The summed E-state index contributed by atoms with van der Waals surface area (Å²) in [4.78, 5) is 21.8. The molecule has 0 aliphatic carbocycles. The summed E-state index contributed by atoms with van der Waals surface area (Å²) in [6.07, 6.45) is 0. The Morgan fingerprint density at radius 2 is 1.67 bits per heavy atom. The zero-order valence-electron chi connectivity index (χ0n) is 12.5. The molecule has 1 N–H and O–H groups in total. The summed E-state index contributed by atoms with van der Waals surface area (Å²) >= 11 is 0. The van der Waals surface area contributed by atoms with Crippen molar-refractivity contribution in [3.63, 3.8) is 0 Å². The van der Waals surface area contributed by atoms with Gasteiger partial charge in [-0.05, 0) is 43.3 Å². The minimum absolute atomic E-state index is 0.199. The number of halogens is 1. The molecule has 0 heterocycles. The van der Waals surface area contributed by atoms with Crippen molar-refractivity contribution in [1.82, 2.24) is 0 Å². The monoisotopic (exact) mass is 352 g/mol. The van der Waals surface area contributed by atoms with Crippen molar-refractivity contribution < 1.29 is 22.5 Å². The number of carbonyl (C=O) groups excluding carboxylic acids is 1. The predicted octanol–water partition coefficient (Wildman–Crippen LogP) is 2.53. The summed E-state index contributed by atoms with van der Waals surface area (Å²) in [5, 5.41) is 11.6. The van der Waals surface area contributed by atoms with E-state index >= 15 is 0 Å². The van der Waals surface area contributed by atoms with Crippen LogP contribution in [0.1, 0.15) is 6.92 Å². The molecule has 0 radical (unpaired) electrons. The number of rotatable bonds is 5. The summed E-state index contributed by atoms with van der Waals surface area (Å²) in [5.74, 6) is -1.28. The van der Waals surface area contributed by atoms with E-state index in [1.807, 2.05) is 0 Å². The Bertz CT molecular complexity index is 864. The zero-order valence-corrected chi connectivity index (χ0v) is 13.3. The number of nitrogens with one attached hydrogen (secondary N) is 1. The van der Waals surface area contributed by atoms with Crippen molar-refractivity contribution >= 4 is 27.1 Å². The van der Waals surface area contributed by atoms with E-state index in [-0.39, 0.29) is 16.3 Å². The Kier molecular flexibility index (Phi) is 4.93. The molecule has 9 heteroatoms. The number of carbonyl (C=O) groups is 1. The zero-order chi connectivity index (χ0) is 17.9. The maximum Gasteiger partial charge on any atom is 0.269 e. The Morgan fingerprint density at radius 1 is 1.12 bits per heavy atom. The first-order chi connectivity index (χ1) is 11.2. The Hall–Kier alpha value is -2.81. The summed E-state index contributed by atoms with van der Waals surface area (Å²) in [6.45, 7) is 1.20. The lowest BCUT2D eigenvalue weighted by molar-refractivity contribution is -0.384. The summed E-state index contributed by atoms with van der Waals surface area (Å²) in [7, 11) is -4.02. The van der Waals surface area contributed by atoms with E-state index in [0.29, 0.717) is 0 Å². The van der Waals surface area contributed by atoms with Crippen LogP contribution in [0.4, 0.5) is 15.8 Å². The van der Waals surface area contributed by atoms with Gasteiger partial charge >= 0.3 is 0 Å². The summed E-state index contributed by atoms with van der Waals surface area (Å²) < 4.78 is 37.6. The molecule has 0 saturated carbocycles. The van der Waals surface area contributed by atoms with Crippen LogP contribution in [0.25, 0.3) is 0 Å². The number of amides is 1. The number of nitro groups is 1. The van der Waals surface area contributed by atoms with E-state index in [1.54, 1.807) is 0 Å². The van der Waals surface area contributed by atoms with E-state index < -0.39 is 31.7 Å². The number of hydrogen-bond acceptors (Lipinski definition) is 5. The van der Waals surface area contributed by atoms with Crippen LogP contribution in [0, 0.1) is 15.9 Å². The van der Waals surface area contributed by atoms with E-state index in [9.17, 15) is 27.7 Å². The first-order valence-electron chi connectivity index (χ1n) is 6.76. The van der Waals surface area contributed by atoms with Gasteiger partial charge in [-0.3, -0.25) is 14.9 Å². The molecule has 1 amide bonds. The van der Waals surface area contributed by atoms with Gasteiger partial charge < -0.3 is 5.32 Å². The highest BCUT2D eigenvalue weighted by Crippen LogP contribution is 2.21. The number of sulfone groups is 1. The van der Waals surface area contributed by atoms with Crippen LogP contribution in [0.15, 0.2) is 53.4 Å². The average Bonchev–Trinajstić information content (AvgIpc) is 2.56. The van der Waals surface area contributed by atoms with Gasteiger partial charge in [0.25, 0.3) is 5.69 Å². The van der Waals surface area contributed by atoms with E-state index in [1.165, 1.54) is 19.1 Å². The van der Waals surface area contributed by atoms with Gasteiger partial charge in [0.05, 0.1) is 9.82 Å². The first-order valence-corrected chi connectivity index (χ1v) is 8.31. The second kappa shape index (κ2) is 6.75. The molecular weight excluding hydrogens is 339 g/mol. The molecule has 2 aromatic rings. The van der Waals surface area contributed by atoms with Gasteiger partial charge in [0.1, 0.15) is 11.1 Å². The van der Waals surface area contributed by atoms with Gasteiger partial charge in [-0.1, -0.05) is 0 Å². The van der Waals surface area contributed by atoms with Gasteiger partial charge in [-0.2, -0.15) is 0 Å². The highest BCUT2D eigenvalue weighted by atomic mass is 32.2. The van der Waals surface area contributed by atoms with Crippen LogP contribution in [0.5, 0.6) is 0 Å². The third kappa shape index (κ3) is 3.74. The largest absolute Gasteiger partial charge is 0.325 e. The Morgan fingerprint density at radius 3 is 2.17 bits per heavy atom. The van der Waals surface area contributed by atoms with Gasteiger partial charge in [0, 0.05) is 17.8 Å². The Balaban J connectivity index is 2.19. The molecular formula is C15H13FN2O5S. The molecule has 0 aromatic heterocycles. The molecule has 126 valence electrons. The fourth-order valence-electron chi connectivity index (χ4n) is 1.88. The predicted molar refractivity (Wildman–Crippen MR) is 84.8 cm³/mol. The highest BCUT2D eigenvalue weighted by Gasteiger charge is 2.30. The van der Waals surface area contributed by atoms with Crippen molar-refractivity contribution in [1.29, 1.82) is 0 Å². The number of benzene rings is 2. The smallest absolute Gasteiger partial charge is 0.269 e. The van der Waals surface area contributed by atoms with Crippen molar-refractivity contribution in [2.75, 3.05) is 5.32 Å². The number of nitro benzene ring substituents is 1. The van der Waals surface area contributed by atoms with E-state index in [0.717, 1.165) is 36.4 Å². The molecule has 0 fully saturated rings. The molecule has 2 aromatic carbocycles. The molecule has 24 heavy (non-hydrogen) atoms. The van der Waals surface area contributed by atoms with Gasteiger partial charge in [-0.15, -0.1) is 0 Å². The Labute approximate surface area is 137 Å². The lowest BCUT2D eigenvalue weighted by atomic mass is 10.3. The van der Waals surface area contributed by atoms with Crippen molar-refractivity contribution in [2.45, 2.75) is 17.1 Å². The topological polar surface area (TPSA) is 106 Å². The van der Waals surface area contributed by atoms with E-state index in [4.69, 9.17) is 0 Å². The summed E-state index contributed by atoms with van der Waals surface area (Å²) in [6, 6.07) is 9.13. The molecule has 0 aliphatic rings. The minimum atomic E-state index is -4.02. The van der Waals surface area contributed by atoms with Crippen LogP contribution < -0.4 is 5.32 Å². The third-order valence-electron chi connectivity index (χ3n) is 3.32. The quantitative estimate of drug-likeness (QED) is 0.657. The number of nitrogens with zero attached hydrogens (tertiary/aromatic N) is 1. The second-order valence-electron chi connectivity index (χ2n) is 4.93. The van der Waals surface area contributed by atoms with Crippen LogP contribution in [-0.4, -0.2) is 24.5 Å². The molecule has 0 bridgehead atoms. The number of anilines is 1. The van der Waals surface area contributed by atoms with Crippen LogP contribution in [0.3, 0.4) is 0 Å². The fourth-order valence-corrected chi connectivity index (χ4v) is 3.14. The number of non-ortho nitro benzene ring substituents is 1. The van der Waals surface area contributed by atoms with Gasteiger partial charge in [-0.25, -0.2) is 12.8 Å². The third-order valence-corrected chi connectivity index (χ3v) is 5.40. The summed E-state index contributed by atoms with van der Waals surface area (Å²) in [5.41, 5.74) is 0.00418. The number of hydrogen-bond donors (Lipinski definition) is 1. The lowest BCUT2D eigenvalue weighted by Crippen LogP contribution is -2.32. The van der Waals surface area contributed by atoms with Gasteiger partial charge in [0.2, 0.25) is 5.91 Å². The van der Waals surface area contributed by atoms with Crippen LogP contribution in [-0.2, 0) is 14.6 Å².